The van der Waals surface area contributed by atoms with Crippen molar-refractivity contribution in [2.45, 2.75) is 27.7 Å². The van der Waals surface area contributed by atoms with Crippen LogP contribution in [0.3, 0.4) is 0 Å². The predicted molar refractivity (Wildman–Crippen MR) is 130 cm³/mol. The van der Waals surface area contributed by atoms with Crippen LogP contribution in [0.1, 0.15) is 43.0 Å². The first-order valence-electron chi connectivity index (χ1n) is 9.42. The van der Waals surface area contributed by atoms with Gasteiger partial charge in [0, 0.05) is 31.4 Å². The second kappa shape index (κ2) is 9.14. The molecule has 0 aliphatic heterocycles. The van der Waals surface area contributed by atoms with Gasteiger partial charge < -0.3 is 10.6 Å². The molecule has 0 unspecified atom stereocenters. The van der Waals surface area contributed by atoms with Crippen molar-refractivity contribution < 1.29 is 9.59 Å². The summed E-state index contributed by atoms with van der Waals surface area (Å²) in [5, 5.41) is 5.93. The Hall–Kier alpha value is -2.44. The zero-order valence-corrected chi connectivity index (χ0v) is 20.4. The first-order chi connectivity index (χ1) is 14.2. The number of halogens is 2. The van der Waals surface area contributed by atoms with E-state index < -0.39 is 0 Å². The second-order valence-electron chi connectivity index (χ2n) is 7.32. The first-order valence-corrected chi connectivity index (χ1v) is 11.0. The Morgan fingerprint density at radius 3 is 1.30 bits per heavy atom. The number of anilines is 2. The number of amides is 2. The van der Waals surface area contributed by atoms with Gasteiger partial charge in [-0.05, 0) is 92.4 Å². The number of carbonyl (C=O) groups is 2. The van der Waals surface area contributed by atoms with E-state index in [-0.39, 0.29) is 11.8 Å². The fourth-order valence-electron chi connectivity index (χ4n) is 3.39. The lowest BCUT2D eigenvalue weighted by Gasteiger charge is -2.14. The normalized spacial score (nSPS) is 10.6. The van der Waals surface area contributed by atoms with Gasteiger partial charge in [-0.15, -0.1) is 0 Å². The molecule has 154 valence electrons. The van der Waals surface area contributed by atoms with Crippen molar-refractivity contribution in [2.75, 3.05) is 10.6 Å². The van der Waals surface area contributed by atoms with Gasteiger partial charge >= 0.3 is 0 Å². The Morgan fingerprint density at radius 1 is 0.633 bits per heavy atom. The van der Waals surface area contributed by atoms with Crippen LogP contribution in [0.5, 0.6) is 0 Å². The van der Waals surface area contributed by atoms with E-state index in [2.05, 4.69) is 42.5 Å². The predicted octanol–water partition coefficient (Wildman–Crippen LogP) is 6.95. The van der Waals surface area contributed by atoms with Crippen LogP contribution in [0.25, 0.3) is 0 Å². The Bertz CT molecular complexity index is 1020. The van der Waals surface area contributed by atoms with Crippen LogP contribution >= 0.6 is 31.9 Å². The molecule has 30 heavy (non-hydrogen) atoms. The quantitative estimate of drug-likeness (QED) is 0.384. The summed E-state index contributed by atoms with van der Waals surface area (Å²) in [6.07, 6.45) is 0. The first kappa shape index (κ1) is 22.2. The number of hydrogen-bond donors (Lipinski definition) is 2. The molecule has 0 radical (unpaired) electrons. The minimum absolute atomic E-state index is 0.255. The lowest BCUT2D eigenvalue weighted by Crippen LogP contribution is -2.17. The average molecular weight is 530 g/mol. The lowest BCUT2D eigenvalue weighted by molar-refractivity contribution is 0.102. The van der Waals surface area contributed by atoms with Crippen molar-refractivity contribution in [2.24, 2.45) is 0 Å². The van der Waals surface area contributed by atoms with Gasteiger partial charge in [-0.2, -0.15) is 0 Å². The highest BCUT2D eigenvalue weighted by Crippen LogP contribution is 2.27. The van der Waals surface area contributed by atoms with E-state index in [1.54, 1.807) is 24.3 Å². The van der Waals surface area contributed by atoms with Crippen molar-refractivity contribution in [3.8, 4) is 0 Å². The molecule has 0 saturated carbocycles. The summed E-state index contributed by atoms with van der Waals surface area (Å²) >= 11 is 6.93. The number of hydrogen-bond acceptors (Lipinski definition) is 2. The molecule has 3 aromatic carbocycles. The average Bonchev–Trinajstić information content (AvgIpc) is 2.67. The number of nitrogens with one attached hydrogen (secondary N) is 2. The molecule has 0 spiro atoms. The third kappa shape index (κ3) is 4.99. The molecule has 6 heteroatoms. The summed E-state index contributed by atoms with van der Waals surface area (Å²) in [7, 11) is 0. The molecular weight excluding hydrogens is 508 g/mol. The van der Waals surface area contributed by atoms with Crippen LogP contribution in [0, 0.1) is 27.7 Å². The molecular formula is C24H22Br2N2O2. The van der Waals surface area contributed by atoms with Gasteiger partial charge in [0.1, 0.15) is 0 Å². The van der Waals surface area contributed by atoms with Gasteiger partial charge in [-0.25, -0.2) is 0 Å². The zero-order chi connectivity index (χ0) is 22.0. The SMILES string of the molecule is Cc1cc(Br)cc(C)c1NC(=O)c1cccc(C(=O)Nc2c(C)cc(Br)cc2C)c1. The maximum Gasteiger partial charge on any atom is 0.255 e. The molecule has 0 aromatic heterocycles. The van der Waals surface area contributed by atoms with Crippen LogP contribution in [0.15, 0.2) is 57.5 Å². The fourth-order valence-corrected chi connectivity index (χ4v) is 4.76. The number of carbonyl (C=O) groups excluding carboxylic acids is 2. The molecule has 4 nitrogen and oxygen atoms in total. The van der Waals surface area contributed by atoms with Gasteiger partial charge in [0.2, 0.25) is 0 Å². The Balaban J connectivity index is 1.82. The van der Waals surface area contributed by atoms with Crippen LogP contribution in [-0.4, -0.2) is 11.8 Å². The van der Waals surface area contributed by atoms with Crippen LogP contribution in [0.4, 0.5) is 11.4 Å². The fraction of sp³-hybridized carbons (Fsp3) is 0.167. The van der Waals surface area contributed by atoms with Crippen molar-refractivity contribution in [1.29, 1.82) is 0 Å². The third-order valence-electron chi connectivity index (χ3n) is 4.86. The van der Waals surface area contributed by atoms with E-state index in [1.807, 2.05) is 52.0 Å². The van der Waals surface area contributed by atoms with Gasteiger partial charge in [-0.3, -0.25) is 9.59 Å². The molecule has 0 atom stereocenters. The third-order valence-corrected chi connectivity index (χ3v) is 5.77. The number of aryl methyl sites for hydroxylation is 4. The molecule has 0 saturated heterocycles. The standard InChI is InChI=1S/C24H22Br2N2O2/c1-13-8-19(25)9-14(2)21(13)27-23(29)17-6-5-7-18(12-17)24(30)28-22-15(3)10-20(26)11-16(22)4/h5-12H,1-4H3,(H,27,29)(H,28,30). The minimum Gasteiger partial charge on any atom is -0.322 e. The van der Waals surface area contributed by atoms with E-state index >= 15 is 0 Å². The lowest BCUT2D eigenvalue weighted by atomic mass is 10.1. The maximum atomic E-state index is 12.8. The molecule has 0 fully saturated rings. The van der Waals surface area contributed by atoms with E-state index in [0.29, 0.717) is 11.1 Å². The highest BCUT2D eigenvalue weighted by Gasteiger charge is 2.15. The van der Waals surface area contributed by atoms with Crippen LogP contribution in [-0.2, 0) is 0 Å². The number of benzene rings is 3. The Morgan fingerprint density at radius 2 is 0.967 bits per heavy atom. The maximum absolute atomic E-state index is 12.8. The minimum atomic E-state index is -0.255. The van der Waals surface area contributed by atoms with Crippen LogP contribution in [0.2, 0.25) is 0 Å². The van der Waals surface area contributed by atoms with Crippen molar-refractivity contribution in [3.05, 3.63) is 90.9 Å². The Kier molecular flexibility index (Phi) is 6.78. The van der Waals surface area contributed by atoms with E-state index in [0.717, 1.165) is 42.6 Å². The van der Waals surface area contributed by atoms with E-state index in [4.69, 9.17) is 0 Å². The molecule has 0 aliphatic carbocycles. The molecule has 2 amide bonds. The van der Waals surface area contributed by atoms with Crippen molar-refractivity contribution in [3.63, 3.8) is 0 Å². The second-order valence-corrected chi connectivity index (χ2v) is 9.15. The van der Waals surface area contributed by atoms with Crippen molar-refractivity contribution in [1.82, 2.24) is 0 Å². The highest BCUT2D eigenvalue weighted by molar-refractivity contribution is 9.10. The Labute approximate surface area is 193 Å². The summed E-state index contributed by atoms with van der Waals surface area (Å²) in [4.78, 5) is 25.6. The summed E-state index contributed by atoms with van der Waals surface area (Å²) in [6, 6.07) is 14.5. The number of rotatable bonds is 4. The summed E-state index contributed by atoms with van der Waals surface area (Å²) in [6.45, 7) is 7.78. The molecule has 0 heterocycles. The largest absolute Gasteiger partial charge is 0.322 e. The van der Waals surface area contributed by atoms with Crippen molar-refractivity contribution >= 4 is 55.0 Å². The summed E-state index contributed by atoms with van der Waals surface area (Å²) < 4.78 is 1.93. The van der Waals surface area contributed by atoms with Gasteiger partial charge in [0.25, 0.3) is 11.8 Å². The van der Waals surface area contributed by atoms with E-state index in [9.17, 15) is 9.59 Å². The monoisotopic (exact) mass is 528 g/mol. The molecule has 0 bridgehead atoms. The van der Waals surface area contributed by atoms with Gasteiger partial charge in [0.05, 0.1) is 0 Å². The summed E-state index contributed by atoms with van der Waals surface area (Å²) in [5.74, 6) is -0.511. The van der Waals surface area contributed by atoms with Gasteiger partial charge in [-0.1, -0.05) is 37.9 Å². The molecule has 3 rings (SSSR count). The topological polar surface area (TPSA) is 58.2 Å². The van der Waals surface area contributed by atoms with Gasteiger partial charge in [0.15, 0.2) is 0 Å². The highest BCUT2D eigenvalue weighted by atomic mass is 79.9. The van der Waals surface area contributed by atoms with Crippen LogP contribution < -0.4 is 10.6 Å². The summed E-state index contributed by atoms with van der Waals surface area (Å²) in [5.41, 5.74) is 6.26. The van der Waals surface area contributed by atoms with E-state index in [1.165, 1.54) is 0 Å². The molecule has 2 N–H and O–H groups in total. The smallest absolute Gasteiger partial charge is 0.255 e. The zero-order valence-electron chi connectivity index (χ0n) is 17.2. The molecule has 0 aliphatic rings. The molecule has 3 aromatic rings.